The summed E-state index contributed by atoms with van der Waals surface area (Å²) in [5.41, 5.74) is 5.44. The minimum Gasteiger partial charge on any atom is -0.481 e. The Morgan fingerprint density at radius 2 is 1.87 bits per heavy atom. The number of nitrogens with one attached hydrogen (secondary N) is 1. The molecule has 1 aromatic heterocycles. The summed E-state index contributed by atoms with van der Waals surface area (Å²) < 4.78 is 19.2. The summed E-state index contributed by atoms with van der Waals surface area (Å²) in [6.07, 6.45) is 0.344. The van der Waals surface area contributed by atoms with Crippen LogP contribution < -0.4 is 10.5 Å². The van der Waals surface area contributed by atoms with Crippen LogP contribution in [0.2, 0.25) is 0 Å². The number of Topliss-reactive ketones (excluding diaryl/α,β-unsaturated/α-hetero) is 1. The van der Waals surface area contributed by atoms with E-state index in [1.165, 1.54) is 29.2 Å². The van der Waals surface area contributed by atoms with Crippen molar-refractivity contribution in [1.29, 1.82) is 5.41 Å². The van der Waals surface area contributed by atoms with Gasteiger partial charge in [-0.05, 0) is 36.8 Å². The molecule has 0 aliphatic heterocycles. The zero-order valence-corrected chi connectivity index (χ0v) is 21.0. The number of ether oxygens (including phenoxy) is 1. The third-order valence-electron chi connectivity index (χ3n) is 5.21. The highest BCUT2D eigenvalue weighted by Crippen LogP contribution is 2.23. The molecule has 0 aliphatic rings. The van der Waals surface area contributed by atoms with Crippen molar-refractivity contribution in [2.24, 2.45) is 11.7 Å². The first-order valence-electron chi connectivity index (χ1n) is 11.2. The zero-order valence-electron chi connectivity index (χ0n) is 20.1. The highest BCUT2D eigenvalue weighted by atomic mass is 32.1. The number of carboxylic acid groups (broad SMARTS) is 2. The van der Waals surface area contributed by atoms with Crippen LogP contribution in [0.5, 0.6) is 5.75 Å². The number of carboxylic acids is 2. The molecule has 0 unspecified atom stereocenters. The average Bonchev–Trinajstić information content (AvgIpc) is 3.32. The Labute approximate surface area is 220 Å². The van der Waals surface area contributed by atoms with Crippen molar-refractivity contribution in [3.05, 3.63) is 64.1 Å². The zero-order chi connectivity index (χ0) is 28.4. The van der Waals surface area contributed by atoms with Crippen LogP contribution >= 0.6 is 11.3 Å². The van der Waals surface area contributed by atoms with E-state index >= 15 is 0 Å². The molecule has 202 valence electrons. The Morgan fingerprint density at radius 1 is 1.16 bits per heavy atom. The van der Waals surface area contributed by atoms with Crippen molar-refractivity contribution in [1.82, 2.24) is 4.90 Å². The second kappa shape index (κ2) is 13.8. The first-order valence-corrected chi connectivity index (χ1v) is 12.0. The number of nitrogens with zero attached hydrogens (tertiary/aromatic N) is 1. The number of ketones is 1. The first kappa shape index (κ1) is 29.8. The number of aliphatic carboxylic acids is 2. The van der Waals surface area contributed by atoms with E-state index in [-0.39, 0.29) is 41.4 Å². The Hall–Kier alpha value is -4.39. The molecule has 0 saturated heterocycles. The van der Waals surface area contributed by atoms with Crippen molar-refractivity contribution < 1.29 is 43.3 Å². The number of thiophene rings is 1. The van der Waals surface area contributed by atoms with Gasteiger partial charge < -0.3 is 25.6 Å². The lowest BCUT2D eigenvalue weighted by Gasteiger charge is -2.21. The monoisotopic (exact) mass is 547 g/mol. The fourth-order valence-electron chi connectivity index (χ4n) is 3.33. The molecule has 1 atom stereocenters. The quantitative estimate of drug-likeness (QED) is 0.0853. The lowest BCUT2D eigenvalue weighted by atomic mass is 9.98. The smallest absolute Gasteiger partial charge is 0.353 e. The van der Waals surface area contributed by atoms with E-state index in [0.717, 1.165) is 17.4 Å². The Bertz CT molecular complexity index is 1260. The van der Waals surface area contributed by atoms with E-state index in [9.17, 15) is 28.4 Å². The SMILES string of the molecule is C=CCN(CC(=O)C[C@@H](CC(=O)O)C(=O)O)C(=O)CCc1ccc(C(=O)Oc2ccc(C(=N)N)cc2F)s1. The van der Waals surface area contributed by atoms with Gasteiger partial charge in [0.05, 0.1) is 18.9 Å². The maximum atomic E-state index is 14.1. The minimum absolute atomic E-state index is 0.0250. The van der Waals surface area contributed by atoms with Gasteiger partial charge in [0, 0.05) is 29.8 Å². The normalized spacial score (nSPS) is 11.3. The van der Waals surface area contributed by atoms with E-state index in [0.29, 0.717) is 4.88 Å². The molecule has 11 nitrogen and oxygen atoms in total. The van der Waals surface area contributed by atoms with E-state index in [1.54, 1.807) is 6.07 Å². The van der Waals surface area contributed by atoms with Crippen molar-refractivity contribution in [3.8, 4) is 5.75 Å². The number of carbonyl (C=O) groups is 5. The second-order valence-corrected chi connectivity index (χ2v) is 9.32. The summed E-state index contributed by atoms with van der Waals surface area (Å²) in [5, 5.41) is 25.3. The number of aryl methyl sites for hydroxylation is 1. The number of nitrogen functional groups attached to an aromatic ring is 1. The summed E-state index contributed by atoms with van der Waals surface area (Å²) in [6.45, 7) is 3.17. The molecule has 2 rings (SSSR count). The van der Waals surface area contributed by atoms with Crippen LogP contribution in [-0.2, 0) is 25.6 Å². The number of hydrogen-bond acceptors (Lipinski definition) is 8. The van der Waals surface area contributed by atoms with E-state index < -0.39 is 60.7 Å². The molecule has 38 heavy (non-hydrogen) atoms. The van der Waals surface area contributed by atoms with Gasteiger partial charge in [0.1, 0.15) is 10.7 Å². The third kappa shape index (κ3) is 8.92. The number of carbonyl (C=O) groups excluding carboxylic acids is 3. The van der Waals surface area contributed by atoms with Crippen molar-refractivity contribution >= 4 is 46.8 Å². The predicted molar refractivity (Wildman–Crippen MR) is 135 cm³/mol. The molecule has 2 aromatic rings. The Balaban J connectivity index is 1.96. The molecule has 0 bridgehead atoms. The topological polar surface area (TPSA) is 188 Å². The average molecular weight is 548 g/mol. The van der Waals surface area contributed by atoms with Gasteiger partial charge >= 0.3 is 17.9 Å². The second-order valence-electron chi connectivity index (χ2n) is 8.15. The number of benzene rings is 1. The number of nitrogens with two attached hydrogens (primary N) is 1. The number of amidine groups is 1. The summed E-state index contributed by atoms with van der Waals surface area (Å²) in [6, 6.07) is 6.58. The van der Waals surface area contributed by atoms with Crippen LogP contribution in [0.1, 0.15) is 39.4 Å². The molecule has 0 radical (unpaired) electrons. The maximum absolute atomic E-state index is 14.1. The number of halogens is 1. The Morgan fingerprint density at radius 3 is 2.45 bits per heavy atom. The fraction of sp³-hybridized carbons (Fsp3) is 0.280. The fourth-order valence-corrected chi connectivity index (χ4v) is 4.22. The van der Waals surface area contributed by atoms with Crippen LogP contribution in [0.15, 0.2) is 43.0 Å². The van der Waals surface area contributed by atoms with Gasteiger partial charge in [-0.3, -0.25) is 24.6 Å². The van der Waals surface area contributed by atoms with Gasteiger partial charge in [0.25, 0.3) is 0 Å². The Kier molecular flexibility index (Phi) is 10.8. The van der Waals surface area contributed by atoms with Crippen LogP contribution in [0, 0.1) is 17.1 Å². The van der Waals surface area contributed by atoms with Gasteiger partial charge in [-0.25, -0.2) is 9.18 Å². The van der Waals surface area contributed by atoms with Crippen LogP contribution in [0.25, 0.3) is 0 Å². The van der Waals surface area contributed by atoms with Gasteiger partial charge in [0.15, 0.2) is 17.3 Å². The minimum atomic E-state index is -1.41. The summed E-state index contributed by atoms with van der Waals surface area (Å²) in [4.78, 5) is 61.5. The molecule has 0 saturated carbocycles. The lowest BCUT2D eigenvalue weighted by Crippen LogP contribution is -2.37. The first-order chi connectivity index (χ1) is 17.9. The van der Waals surface area contributed by atoms with Crippen molar-refractivity contribution in [2.45, 2.75) is 25.7 Å². The standard InChI is InChI=1S/C25H26FN3O8S/c1-2-9-29(13-16(30)10-15(24(34)35)12-22(32)33)21(31)8-5-17-4-7-20(38-17)25(36)37-19-6-3-14(23(27)28)11-18(19)26/h2-4,6-7,11,15H,1,5,8-10,12-13H2,(H3,27,28)(H,32,33)(H,34,35)/t15-/m0/s1. The van der Waals surface area contributed by atoms with Crippen LogP contribution in [0.3, 0.4) is 0 Å². The largest absolute Gasteiger partial charge is 0.481 e. The molecule has 5 N–H and O–H groups in total. The number of esters is 1. The molecule has 0 fully saturated rings. The molecule has 1 heterocycles. The van der Waals surface area contributed by atoms with Gasteiger partial charge in [0.2, 0.25) is 5.91 Å². The number of rotatable bonds is 15. The number of hydrogen-bond donors (Lipinski definition) is 4. The molecular formula is C25H26FN3O8S. The van der Waals surface area contributed by atoms with E-state index in [1.807, 2.05) is 0 Å². The molecule has 13 heteroatoms. The lowest BCUT2D eigenvalue weighted by molar-refractivity contribution is -0.149. The van der Waals surface area contributed by atoms with E-state index in [4.69, 9.17) is 26.1 Å². The summed E-state index contributed by atoms with van der Waals surface area (Å²) in [5.74, 6) is -7.51. The predicted octanol–water partition coefficient (Wildman–Crippen LogP) is 2.47. The molecule has 0 aliphatic carbocycles. The molecule has 0 spiro atoms. The maximum Gasteiger partial charge on any atom is 0.353 e. The molecule has 1 amide bonds. The van der Waals surface area contributed by atoms with Crippen LogP contribution in [-0.4, -0.2) is 63.6 Å². The summed E-state index contributed by atoms with van der Waals surface area (Å²) in [7, 11) is 0. The number of amides is 1. The third-order valence-corrected chi connectivity index (χ3v) is 6.33. The van der Waals surface area contributed by atoms with Gasteiger partial charge in [-0.1, -0.05) is 6.08 Å². The van der Waals surface area contributed by atoms with Crippen LogP contribution in [0.4, 0.5) is 4.39 Å². The highest BCUT2D eigenvalue weighted by molar-refractivity contribution is 7.13. The van der Waals surface area contributed by atoms with E-state index in [2.05, 4.69) is 6.58 Å². The summed E-state index contributed by atoms with van der Waals surface area (Å²) >= 11 is 1.04. The highest BCUT2D eigenvalue weighted by Gasteiger charge is 2.26. The van der Waals surface area contributed by atoms with Crippen molar-refractivity contribution in [2.75, 3.05) is 13.1 Å². The van der Waals surface area contributed by atoms with Gasteiger partial charge in [-0.15, -0.1) is 17.9 Å². The van der Waals surface area contributed by atoms with Gasteiger partial charge in [-0.2, -0.15) is 0 Å². The molecular weight excluding hydrogens is 521 g/mol. The molecule has 1 aromatic carbocycles. The van der Waals surface area contributed by atoms with Crippen molar-refractivity contribution in [3.63, 3.8) is 0 Å².